The molecule has 1 amide bonds. The van der Waals surface area contributed by atoms with Crippen LogP contribution in [0, 0.1) is 5.82 Å². The zero-order valence-electron chi connectivity index (χ0n) is 19.2. The summed E-state index contributed by atoms with van der Waals surface area (Å²) in [4.78, 5) is 26.8. The van der Waals surface area contributed by atoms with Gasteiger partial charge in [-0.25, -0.2) is 12.8 Å². The first-order valence-corrected chi connectivity index (χ1v) is 12.2. The van der Waals surface area contributed by atoms with Gasteiger partial charge in [-0.2, -0.15) is 4.31 Å². The molecule has 0 bridgehead atoms. The van der Waals surface area contributed by atoms with Gasteiger partial charge in [0.1, 0.15) is 11.6 Å². The number of aliphatic hydroxyl groups excluding tert-OH is 1. The Morgan fingerprint density at radius 2 is 1.71 bits per heavy atom. The van der Waals surface area contributed by atoms with E-state index < -0.39 is 39.3 Å². The summed E-state index contributed by atoms with van der Waals surface area (Å²) in [6.45, 7) is 4.18. The van der Waals surface area contributed by atoms with Gasteiger partial charge in [0.25, 0.3) is 11.7 Å². The molecular formula is C24H27FN2O6S. The van der Waals surface area contributed by atoms with Crippen LogP contribution in [-0.2, 0) is 24.3 Å². The number of likely N-dealkylation sites (tertiary alicyclic amines) is 1. The summed E-state index contributed by atoms with van der Waals surface area (Å²) in [6, 6.07) is 9.90. The Morgan fingerprint density at radius 1 is 1.09 bits per heavy atom. The molecule has 0 spiro atoms. The van der Waals surface area contributed by atoms with Crippen LogP contribution in [-0.4, -0.2) is 67.8 Å². The average molecular weight is 491 g/mol. The summed E-state index contributed by atoms with van der Waals surface area (Å²) in [6.07, 6.45) is 0. The number of ketones is 1. The van der Waals surface area contributed by atoms with E-state index in [0.29, 0.717) is 13.1 Å². The first kappa shape index (κ1) is 25.5. The van der Waals surface area contributed by atoms with E-state index in [2.05, 4.69) is 0 Å². The van der Waals surface area contributed by atoms with E-state index in [-0.39, 0.29) is 34.7 Å². The van der Waals surface area contributed by atoms with Gasteiger partial charge >= 0.3 is 0 Å². The quantitative estimate of drug-likeness (QED) is 0.329. The first-order valence-electron chi connectivity index (χ1n) is 10.8. The number of carbonyl (C=O) groups is 2. The van der Waals surface area contributed by atoms with Crippen LogP contribution in [0.2, 0.25) is 0 Å². The minimum absolute atomic E-state index is 0.0118. The third-order valence-corrected chi connectivity index (χ3v) is 7.81. The number of carbonyl (C=O) groups excluding carboxylic acids is 2. The number of sulfonamides is 1. The van der Waals surface area contributed by atoms with E-state index >= 15 is 0 Å². The second-order valence-corrected chi connectivity index (χ2v) is 9.56. The highest BCUT2D eigenvalue weighted by Crippen LogP contribution is 2.40. The van der Waals surface area contributed by atoms with Crippen molar-refractivity contribution in [3.63, 3.8) is 0 Å². The summed E-state index contributed by atoms with van der Waals surface area (Å²) >= 11 is 0. The molecule has 10 heteroatoms. The van der Waals surface area contributed by atoms with Crippen molar-refractivity contribution in [2.24, 2.45) is 0 Å². The minimum Gasteiger partial charge on any atom is -0.507 e. The van der Waals surface area contributed by atoms with Crippen molar-refractivity contribution < 1.29 is 32.2 Å². The number of amides is 1. The average Bonchev–Trinajstić information content (AvgIpc) is 3.08. The maximum absolute atomic E-state index is 14.7. The summed E-state index contributed by atoms with van der Waals surface area (Å²) < 4.78 is 46.5. The Labute approximate surface area is 198 Å². The van der Waals surface area contributed by atoms with Crippen LogP contribution in [0.3, 0.4) is 0 Å². The SMILES string of the molecule is CCN(CC)S(=O)(=O)c1ccc(C(O)=C2C(=O)C(=O)N(CCOC)[C@@H]2c2ccccc2F)cc1. The Balaban J connectivity index is 2.11. The van der Waals surface area contributed by atoms with Gasteiger partial charge in [0.15, 0.2) is 0 Å². The number of Topliss-reactive ketones (excluding diaryl/α,β-unsaturated/α-hetero) is 1. The Bertz CT molecular complexity index is 1210. The number of hydrogen-bond acceptors (Lipinski definition) is 6. The molecule has 34 heavy (non-hydrogen) atoms. The molecule has 182 valence electrons. The molecule has 0 unspecified atom stereocenters. The van der Waals surface area contributed by atoms with E-state index in [4.69, 9.17) is 4.74 Å². The number of hydrogen-bond donors (Lipinski definition) is 1. The predicted molar refractivity (Wildman–Crippen MR) is 124 cm³/mol. The standard InChI is InChI=1S/C24H27FN2O6S/c1-4-26(5-2)34(31,32)17-12-10-16(11-13-17)22(28)20-21(18-8-6-7-9-19(18)25)27(14-15-33-3)24(30)23(20)29/h6-13,21,28H,4-5,14-15H2,1-3H3/t21-/m1/s1. The zero-order valence-corrected chi connectivity index (χ0v) is 20.0. The molecule has 3 rings (SSSR count). The third kappa shape index (κ3) is 4.61. The molecule has 1 atom stereocenters. The highest BCUT2D eigenvalue weighted by molar-refractivity contribution is 7.89. The summed E-state index contributed by atoms with van der Waals surface area (Å²) in [5, 5.41) is 11.0. The van der Waals surface area contributed by atoms with Gasteiger partial charge in [0.05, 0.1) is 23.1 Å². The highest BCUT2D eigenvalue weighted by atomic mass is 32.2. The fraction of sp³-hybridized carbons (Fsp3) is 0.333. The molecule has 0 saturated carbocycles. The summed E-state index contributed by atoms with van der Waals surface area (Å²) in [5.41, 5.74) is -0.0878. The molecule has 0 radical (unpaired) electrons. The molecule has 1 saturated heterocycles. The number of ether oxygens (including phenoxy) is 1. The Kier molecular flexibility index (Phi) is 7.86. The molecular weight excluding hydrogens is 463 g/mol. The lowest BCUT2D eigenvalue weighted by Crippen LogP contribution is -2.33. The lowest BCUT2D eigenvalue weighted by atomic mass is 9.95. The van der Waals surface area contributed by atoms with E-state index in [9.17, 15) is 27.5 Å². The fourth-order valence-electron chi connectivity index (χ4n) is 3.97. The maximum atomic E-state index is 14.7. The smallest absolute Gasteiger partial charge is 0.295 e. The number of rotatable bonds is 9. The molecule has 2 aromatic carbocycles. The van der Waals surface area contributed by atoms with Gasteiger partial charge in [-0.3, -0.25) is 9.59 Å². The molecule has 2 aromatic rings. The van der Waals surface area contributed by atoms with E-state index in [0.717, 1.165) is 4.90 Å². The predicted octanol–water partition coefficient (Wildman–Crippen LogP) is 2.92. The van der Waals surface area contributed by atoms with Crippen LogP contribution in [0.1, 0.15) is 31.0 Å². The van der Waals surface area contributed by atoms with Crippen LogP contribution in [0.4, 0.5) is 4.39 Å². The van der Waals surface area contributed by atoms with Gasteiger partial charge in [0.2, 0.25) is 10.0 Å². The van der Waals surface area contributed by atoms with Crippen molar-refractivity contribution >= 4 is 27.5 Å². The van der Waals surface area contributed by atoms with Crippen molar-refractivity contribution in [3.8, 4) is 0 Å². The number of methoxy groups -OCH3 is 1. The van der Waals surface area contributed by atoms with Crippen molar-refractivity contribution in [2.45, 2.75) is 24.8 Å². The lowest BCUT2D eigenvalue weighted by Gasteiger charge is -2.25. The van der Waals surface area contributed by atoms with E-state index in [1.807, 2.05) is 0 Å². The van der Waals surface area contributed by atoms with Crippen LogP contribution >= 0.6 is 0 Å². The lowest BCUT2D eigenvalue weighted by molar-refractivity contribution is -0.140. The molecule has 0 aliphatic carbocycles. The van der Waals surface area contributed by atoms with Crippen molar-refractivity contribution in [3.05, 3.63) is 71.0 Å². The van der Waals surface area contributed by atoms with Crippen molar-refractivity contribution in [1.82, 2.24) is 9.21 Å². The van der Waals surface area contributed by atoms with Crippen molar-refractivity contribution in [2.75, 3.05) is 33.4 Å². The summed E-state index contributed by atoms with van der Waals surface area (Å²) in [7, 11) is -2.28. The zero-order chi connectivity index (χ0) is 25.0. The minimum atomic E-state index is -3.72. The van der Waals surface area contributed by atoms with Crippen LogP contribution < -0.4 is 0 Å². The van der Waals surface area contributed by atoms with E-state index in [1.165, 1.54) is 53.9 Å². The van der Waals surface area contributed by atoms with Crippen LogP contribution in [0.25, 0.3) is 5.76 Å². The fourth-order valence-corrected chi connectivity index (χ4v) is 5.43. The van der Waals surface area contributed by atoms with Crippen LogP contribution in [0.5, 0.6) is 0 Å². The first-order chi connectivity index (χ1) is 16.2. The van der Waals surface area contributed by atoms with Gasteiger partial charge in [-0.05, 0) is 30.3 Å². The molecule has 1 fully saturated rings. The normalized spacial score (nSPS) is 18.1. The molecule has 1 heterocycles. The summed E-state index contributed by atoms with van der Waals surface area (Å²) in [5.74, 6) is -2.99. The highest BCUT2D eigenvalue weighted by Gasteiger charge is 2.46. The van der Waals surface area contributed by atoms with Gasteiger partial charge < -0.3 is 14.7 Å². The third-order valence-electron chi connectivity index (χ3n) is 5.75. The van der Waals surface area contributed by atoms with Gasteiger partial charge in [-0.15, -0.1) is 0 Å². The van der Waals surface area contributed by atoms with Gasteiger partial charge in [0, 0.05) is 37.9 Å². The number of halogens is 1. The molecule has 1 N–H and O–H groups in total. The largest absolute Gasteiger partial charge is 0.507 e. The number of nitrogens with zero attached hydrogens (tertiary/aromatic N) is 2. The van der Waals surface area contributed by atoms with Crippen LogP contribution in [0.15, 0.2) is 59.0 Å². The number of benzene rings is 2. The number of aliphatic hydroxyl groups is 1. The second kappa shape index (κ2) is 10.5. The Hall–Kier alpha value is -3.08. The second-order valence-electron chi connectivity index (χ2n) is 7.62. The maximum Gasteiger partial charge on any atom is 0.295 e. The van der Waals surface area contributed by atoms with Crippen molar-refractivity contribution in [1.29, 1.82) is 0 Å². The molecule has 0 aromatic heterocycles. The topological polar surface area (TPSA) is 104 Å². The molecule has 8 nitrogen and oxygen atoms in total. The Morgan fingerprint density at radius 3 is 2.26 bits per heavy atom. The monoisotopic (exact) mass is 490 g/mol. The molecule has 1 aliphatic rings. The van der Waals surface area contributed by atoms with Gasteiger partial charge in [-0.1, -0.05) is 32.0 Å². The molecule has 1 aliphatic heterocycles. The van der Waals surface area contributed by atoms with E-state index in [1.54, 1.807) is 19.9 Å².